The summed E-state index contributed by atoms with van der Waals surface area (Å²) in [5, 5.41) is 8.74. The summed E-state index contributed by atoms with van der Waals surface area (Å²) in [5.41, 5.74) is 0.456. The highest BCUT2D eigenvalue weighted by Crippen LogP contribution is 2.28. The average molecular weight is 331 g/mol. The van der Waals surface area contributed by atoms with Gasteiger partial charge in [0.25, 0.3) is 0 Å². The fourth-order valence-corrected chi connectivity index (χ4v) is 2.79. The topological polar surface area (TPSA) is 93.5 Å². The third-order valence-electron chi connectivity index (χ3n) is 3.04. The van der Waals surface area contributed by atoms with E-state index in [4.69, 9.17) is 14.2 Å². The van der Waals surface area contributed by atoms with Crippen LogP contribution in [0, 0.1) is 11.3 Å². The molecule has 0 aliphatic carbocycles. The molecule has 0 aliphatic heterocycles. The van der Waals surface area contributed by atoms with Crippen molar-refractivity contribution in [2.24, 2.45) is 0 Å². The SMILES string of the molecule is COc1ccc(C(C)=O)c(OS(=O)(=O)c2ccc(C#N)cc2)c1. The maximum Gasteiger partial charge on any atom is 0.339 e. The third kappa shape index (κ3) is 3.67. The molecule has 0 amide bonds. The maximum absolute atomic E-state index is 12.3. The van der Waals surface area contributed by atoms with Crippen LogP contribution in [-0.2, 0) is 10.1 Å². The van der Waals surface area contributed by atoms with Crippen LogP contribution < -0.4 is 8.92 Å². The lowest BCUT2D eigenvalue weighted by atomic mass is 10.1. The van der Waals surface area contributed by atoms with Crippen LogP contribution >= 0.6 is 0 Å². The van der Waals surface area contributed by atoms with Gasteiger partial charge in [0.05, 0.1) is 24.3 Å². The highest BCUT2D eigenvalue weighted by Gasteiger charge is 2.20. The molecule has 0 heterocycles. The monoisotopic (exact) mass is 331 g/mol. The molecule has 2 aromatic carbocycles. The molecule has 0 unspecified atom stereocenters. The minimum atomic E-state index is -4.14. The van der Waals surface area contributed by atoms with E-state index in [-0.39, 0.29) is 22.0 Å². The molecule has 23 heavy (non-hydrogen) atoms. The van der Waals surface area contributed by atoms with Crippen LogP contribution in [0.3, 0.4) is 0 Å². The third-order valence-corrected chi connectivity index (χ3v) is 4.29. The number of nitriles is 1. The lowest BCUT2D eigenvalue weighted by Gasteiger charge is -2.11. The Kier molecular flexibility index (Phi) is 4.67. The Morgan fingerprint density at radius 1 is 1.13 bits per heavy atom. The molecule has 118 valence electrons. The van der Waals surface area contributed by atoms with Gasteiger partial charge in [-0.1, -0.05) is 0 Å². The fraction of sp³-hybridized carbons (Fsp3) is 0.125. The van der Waals surface area contributed by atoms with Crippen molar-refractivity contribution in [1.29, 1.82) is 5.26 Å². The minimum Gasteiger partial charge on any atom is -0.497 e. The van der Waals surface area contributed by atoms with E-state index < -0.39 is 10.1 Å². The first kappa shape index (κ1) is 16.5. The van der Waals surface area contributed by atoms with Gasteiger partial charge in [-0.3, -0.25) is 4.79 Å². The van der Waals surface area contributed by atoms with Gasteiger partial charge in [-0.05, 0) is 43.3 Å². The summed E-state index contributed by atoms with van der Waals surface area (Å²) >= 11 is 0. The molecule has 7 heteroatoms. The van der Waals surface area contributed by atoms with Crippen molar-refractivity contribution in [3.63, 3.8) is 0 Å². The van der Waals surface area contributed by atoms with Gasteiger partial charge in [-0.2, -0.15) is 13.7 Å². The van der Waals surface area contributed by atoms with E-state index in [9.17, 15) is 13.2 Å². The summed E-state index contributed by atoms with van der Waals surface area (Å²) in [7, 11) is -2.72. The predicted octanol–water partition coefficient (Wildman–Crippen LogP) is 2.54. The number of methoxy groups -OCH3 is 1. The molecule has 2 rings (SSSR count). The standard InChI is InChI=1S/C16H13NO5S/c1-11(18)15-8-5-13(21-2)9-16(15)22-23(19,20)14-6-3-12(10-17)4-7-14/h3-9H,1-2H3. The van der Waals surface area contributed by atoms with Gasteiger partial charge in [-0.15, -0.1) is 0 Å². The first-order valence-electron chi connectivity index (χ1n) is 6.51. The summed E-state index contributed by atoms with van der Waals surface area (Å²) in [4.78, 5) is 11.5. The van der Waals surface area contributed by atoms with Crippen molar-refractivity contribution in [3.05, 3.63) is 53.6 Å². The number of rotatable bonds is 5. The maximum atomic E-state index is 12.3. The lowest BCUT2D eigenvalue weighted by molar-refractivity contribution is 0.101. The quantitative estimate of drug-likeness (QED) is 0.617. The number of benzene rings is 2. The molecule has 2 aromatic rings. The van der Waals surface area contributed by atoms with E-state index in [1.54, 1.807) is 0 Å². The van der Waals surface area contributed by atoms with Crippen molar-refractivity contribution < 1.29 is 22.1 Å². The summed E-state index contributed by atoms with van der Waals surface area (Å²) in [6, 6.07) is 11.5. The molecule has 0 saturated heterocycles. The second-order valence-electron chi connectivity index (χ2n) is 4.59. The number of ether oxygens (including phenoxy) is 1. The molecule has 0 fully saturated rings. The van der Waals surface area contributed by atoms with Crippen molar-refractivity contribution in [3.8, 4) is 17.6 Å². The number of carbonyl (C=O) groups excluding carboxylic acids is 1. The second kappa shape index (κ2) is 6.50. The Hall–Kier alpha value is -2.85. The summed E-state index contributed by atoms with van der Waals surface area (Å²) in [5.74, 6) is -0.0843. The molecule has 6 nitrogen and oxygen atoms in total. The van der Waals surface area contributed by atoms with Gasteiger partial charge < -0.3 is 8.92 Å². The zero-order valence-electron chi connectivity index (χ0n) is 12.4. The van der Waals surface area contributed by atoms with Gasteiger partial charge in [0.1, 0.15) is 10.6 Å². The van der Waals surface area contributed by atoms with Gasteiger partial charge in [-0.25, -0.2) is 0 Å². The van der Waals surface area contributed by atoms with Crippen LogP contribution in [0.25, 0.3) is 0 Å². The lowest BCUT2D eigenvalue weighted by Crippen LogP contribution is -2.12. The number of hydrogen-bond donors (Lipinski definition) is 0. The Bertz CT molecular complexity index is 880. The average Bonchev–Trinajstić information content (AvgIpc) is 2.54. The van der Waals surface area contributed by atoms with Crippen molar-refractivity contribution in [2.45, 2.75) is 11.8 Å². The summed E-state index contributed by atoms with van der Waals surface area (Å²) < 4.78 is 34.7. The van der Waals surface area contributed by atoms with Crippen LogP contribution in [0.15, 0.2) is 47.4 Å². The van der Waals surface area contributed by atoms with Crippen LogP contribution in [-0.4, -0.2) is 21.3 Å². The Labute approximate surface area is 134 Å². The number of hydrogen-bond acceptors (Lipinski definition) is 6. The molecular formula is C16H13NO5S. The predicted molar refractivity (Wildman–Crippen MR) is 82.0 cm³/mol. The number of ketones is 1. The smallest absolute Gasteiger partial charge is 0.339 e. The number of nitrogens with zero attached hydrogens (tertiary/aromatic N) is 1. The molecule has 0 bridgehead atoms. The second-order valence-corrected chi connectivity index (χ2v) is 6.14. The van der Waals surface area contributed by atoms with E-state index in [2.05, 4.69) is 0 Å². The van der Waals surface area contributed by atoms with Crippen molar-refractivity contribution in [1.82, 2.24) is 0 Å². The zero-order valence-corrected chi connectivity index (χ0v) is 13.3. The van der Waals surface area contributed by atoms with E-state index >= 15 is 0 Å². The molecule has 0 saturated carbocycles. The first-order valence-corrected chi connectivity index (χ1v) is 7.92. The van der Waals surface area contributed by atoms with E-state index in [1.807, 2.05) is 6.07 Å². The highest BCUT2D eigenvalue weighted by molar-refractivity contribution is 7.87. The normalized spacial score (nSPS) is 10.7. The molecule has 0 aliphatic rings. The Morgan fingerprint density at radius 2 is 1.78 bits per heavy atom. The highest BCUT2D eigenvalue weighted by atomic mass is 32.2. The minimum absolute atomic E-state index is 0.110. The van der Waals surface area contributed by atoms with Crippen molar-refractivity contribution >= 4 is 15.9 Å². The zero-order chi connectivity index (χ0) is 17.0. The summed E-state index contributed by atoms with van der Waals surface area (Å²) in [6.45, 7) is 1.31. The summed E-state index contributed by atoms with van der Waals surface area (Å²) in [6.07, 6.45) is 0. The first-order chi connectivity index (χ1) is 10.9. The number of carbonyl (C=O) groups is 1. The number of Topliss-reactive ketones (excluding diaryl/α,β-unsaturated/α-hetero) is 1. The van der Waals surface area contributed by atoms with Crippen LogP contribution in [0.1, 0.15) is 22.8 Å². The molecule has 0 spiro atoms. The Balaban J connectivity index is 2.43. The van der Waals surface area contributed by atoms with Gasteiger partial charge in [0.15, 0.2) is 11.5 Å². The molecule has 0 aromatic heterocycles. The fourth-order valence-electron chi connectivity index (χ4n) is 1.85. The molecule has 0 atom stereocenters. The molecular weight excluding hydrogens is 318 g/mol. The van der Waals surface area contributed by atoms with Gasteiger partial charge in [0.2, 0.25) is 0 Å². The Morgan fingerprint density at radius 3 is 2.30 bits per heavy atom. The van der Waals surface area contributed by atoms with Crippen LogP contribution in [0.5, 0.6) is 11.5 Å². The van der Waals surface area contributed by atoms with Crippen LogP contribution in [0.2, 0.25) is 0 Å². The largest absolute Gasteiger partial charge is 0.497 e. The van der Waals surface area contributed by atoms with Crippen LogP contribution in [0.4, 0.5) is 0 Å². The van der Waals surface area contributed by atoms with Gasteiger partial charge >= 0.3 is 10.1 Å². The van der Waals surface area contributed by atoms with E-state index in [0.29, 0.717) is 11.3 Å². The van der Waals surface area contributed by atoms with E-state index in [1.165, 1.54) is 56.5 Å². The molecule has 0 N–H and O–H groups in total. The van der Waals surface area contributed by atoms with Crippen molar-refractivity contribution in [2.75, 3.05) is 7.11 Å². The molecule has 0 radical (unpaired) electrons. The van der Waals surface area contributed by atoms with Gasteiger partial charge in [0, 0.05) is 6.07 Å². The van der Waals surface area contributed by atoms with E-state index in [0.717, 1.165) is 0 Å².